The van der Waals surface area contributed by atoms with E-state index in [1.807, 2.05) is 12.1 Å². The van der Waals surface area contributed by atoms with Crippen molar-refractivity contribution in [2.75, 3.05) is 5.32 Å². The molecule has 0 bridgehead atoms. The second-order valence-electron chi connectivity index (χ2n) is 6.07. The molecule has 3 aromatic rings. The Labute approximate surface area is 186 Å². The highest BCUT2D eigenvalue weighted by Gasteiger charge is 2.12. The van der Waals surface area contributed by atoms with Gasteiger partial charge in [-0.25, -0.2) is 4.79 Å². The van der Waals surface area contributed by atoms with Gasteiger partial charge in [-0.05, 0) is 70.0 Å². The summed E-state index contributed by atoms with van der Waals surface area (Å²) in [4.78, 5) is 24.6. The van der Waals surface area contributed by atoms with Crippen molar-refractivity contribution in [1.82, 2.24) is 0 Å². The Morgan fingerprint density at radius 2 is 1.77 bits per heavy atom. The predicted octanol–water partition coefficient (Wildman–Crippen LogP) is 5.87. The third-order valence-corrected chi connectivity index (χ3v) is 4.88. The smallest absolute Gasteiger partial charge is 0.343 e. The zero-order chi connectivity index (χ0) is 21.5. The standard InChI is InChI=1S/C23H14BrClN2O3/c24-20-6-1-2-7-21(20)27-22(28)17(14-26)12-15-8-10-19(11-9-15)30-23(29)16-4-3-5-18(25)13-16/h1-13H,(H,27,28)/b17-12+. The summed E-state index contributed by atoms with van der Waals surface area (Å²) in [5.74, 6) is -0.736. The number of carbonyl (C=O) groups is 2. The van der Waals surface area contributed by atoms with Gasteiger partial charge in [0.05, 0.1) is 11.3 Å². The quantitative estimate of drug-likeness (QED) is 0.214. The molecule has 30 heavy (non-hydrogen) atoms. The zero-order valence-electron chi connectivity index (χ0n) is 15.4. The first-order chi connectivity index (χ1) is 14.5. The van der Waals surface area contributed by atoms with Gasteiger partial charge in [0.15, 0.2) is 0 Å². The van der Waals surface area contributed by atoms with Crippen LogP contribution in [0.1, 0.15) is 15.9 Å². The van der Waals surface area contributed by atoms with Crippen molar-refractivity contribution in [2.45, 2.75) is 0 Å². The van der Waals surface area contributed by atoms with E-state index >= 15 is 0 Å². The molecule has 1 amide bonds. The van der Waals surface area contributed by atoms with Gasteiger partial charge in [0, 0.05) is 9.50 Å². The van der Waals surface area contributed by atoms with Crippen LogP contribution >= 0.6 is 27.5 Å². The first-order valence-corrected chi connectivity index (χ1v) is 9.89. The summed E-state index contributed by atoms with van der Waals surface area (Å²) in [6.45, 7) is 0. The number of hydrogen-bond donors (Lipinski definition) is 1. The fourth-order valence-electron chi connectivity index (χ4n) is 2.48. The third-order valence-electron chi connectivity index (χ3n) is 3.95. The van der Waals surface area contributed by atoms with Crippen molar-refractivity contribution in [3.63, 3.8) is 0 Å². The zero-order valence-corrected chi connectivity index (χ0v) is 17.8. The van der Waals surface area contributed by atoms with Crippen LogP contribution in [0.25, 0.3) is 6.08 Å². The van der Waals surface area contributed by atoms with Crippen molar-refractivity contribution in [3.05, 3.63) is 99.0 Å². The number of benzene rings is 3. The molecule has 0 radical (unpaired) electrons. The molecule has 5 nitrogen and oxygen atoms in total. The van der Waals surface area contributed by atoms with Crippen LogP contribution in [0.3, 0.4) is 0 Å². The van der Waals surface area contributed by atoms with Gasteiger partial charge in [0.25, 0.3) is 5.91 Å². The number of amides is 1. The summed E-state index contributed by atoms with van der Waals surface area (Å²) in [6, 6.07) is 21.9. The highest BCUT2D eigenvalue weighted by atomic mass is 79.9. The second kappa shape index (κ2) is 9.88. The fourth-order valence-corrected chi connectivity index (χ4v) is 3.06. The number of nitriles is 1. The van der Waals surface area contributed by atoms with E-state index in [1.165, 1.54) is 12.1 Å². The highest BCUT2D eigenvalue weighted by molar-refractivity contribution is 9.10. The Morgan fingerprint density at radius 1 is 1.03 bits per heavy atom. The number of ether oxygens (including phenoxy) is 1. The van der Waals surface area contributed by atoms with Crippen molar-refractivity contribution in [1.29, 1.82) is 5.26 Å². The van der Waals surface area contributed by atoms with E-state index in [4.69, 9.17) is 16.3 Å². The first kappa shape index (κ1) is 21.3. The van der Waals surface area contributed by atoms with Gasteiger partial charge in [-0.2, -0.15) is 5.26 Å². The number of carbonyl (C=O) groups excluding carboxylic acids is 2. The summed E-state index contributed by atoms with van der Waals surface area (Å²) in [5.41, 5.74) is 1.44. The molecular formula is C23H14BrClN2O3. The molecule has 0 heterocycles. The van der Waals surface area contributed by atoms with E-state index in [2.05, 4.69) is 21.2 Å². The number of anilines is 1. The molecule has 3 rings (SSSR count). The lowest BCUT2D eigenvalue weighted by Gasteiger charge is -2.07. The maximum atomic E-state index is 12.4. The van der Waals surface area contributed by atoms with E-state index in [1.54, 1.807) is 60.7 Å². The second-order valence-corrected chi connectivity index (χ2v) is 7.36. The lowest BCUT2D eigenvalue weighted by atomic mass is 10.1. The van der Waals surface area contributed by atoms with Gasteiger partial charge >= 0.3 is 5.97 Å². The van der Waals surface area contributed by atoms with Gasteiger partial charge in [0.1, 0.15) is 17.4 Å². The molecule has 0 aliphatic carbocycles. The number of hydrogen-bond acceptors (Lipinski definition) is 4. The molecule has 7 heteroatoms. The van der Waals surface area contributed by atoms with Crippen LogP contribution in [0.5, 0.6) is 5.75 Å². The van der Waals surface area contributed by atoms with Crippen LogP contribution in [-0.4, -0.2) is 11.9 Å². The Balaban J connectivity index is 1.70. The molecule has 0 fully saturated rings. The number of rotatable bonds is 5. The number of para-hydroxylation sites is 1. The van der Waals surface area contributed by atoms with Crippen molar-refractivity contribution in [3.8, 4) is 11.8 Å². The normalized spacial score (nSPS) is 10.8. The van der Waals surface area contributed by atoms with Gasteiger partial charge in [-0.1, -0.05) is 41.9 Å². The molecule has 1 N–H and O–H groups in total. The maximum absolute atomic E-state index is 12.4. The number of halogens is 2. The molecular weight excluding hydrogens is 468 g/mol. The molecule has 0 aliphatic heterocycles. The van der Waals surface area contributed by atoms with Crippen molar-refractivity contribution in [2.24, 2.45) is 0 Å². The number of esters is 1. The van der Waals surface area contributed by atoms with Gasteiger partial charge in [-0.3, -0.25) is 4.79 Å². The monoisotopic (exact) mass is 480 g/mol. The predicted molar refractivity (Wildman–Crippen MR) is 119 cm³/mol. The van der Waals surface area contributed by atoms with E-state index < -0.39 is 11.9 Å². The fraction of sp³-hybridized carbons (Fsp3) is 0. The van der Waals surface area contributed by atoms with E-state index in [9.17, 15) is 14.9 Å². The minimum atomic E-state index is -0.536. The molecule has 0 saturated carbocycles. The lowest BCUT2D eigenvalue weighted by molar-refractivity contribution is -0.112. The first-order valence-electron chi connectivity index (χ1n) is 8.72. The molecule has 3 aromatic carbocycles. The average molecular weight is 482 g/mol. The van der Waals surface area contributed by atoms with Crippen LogP contribution < -0.4 is 10.1 Å². The van der Waals surface area contributed by atoms with Crippen LogP contribution in [0.2, 0.25) is 5.02 Å². The van der Waals surface area contributed by atoms with Crippen molar-refractivity contribution < 1.29 is 14.3 Å². The Morgan fingerprint density at radius 3 is 2.43 bits per heavy atom. The molecule has 148 valence electrons. The minimum Gasteiger partial charge on any atom is -0.423 e. The summed E-state index contributed by atoms with van der Waals surface area (Å²) in [5, 5.41) is 12.5. The van der Waals surface area contributed by atoms with Gasteiger partial charge in [-0.15, -0.1) is 0 Å². The van der Waals surface area contributed by atoms with Crippen molar-refractivity contribution >= 4 is 51.2 Å². The Bertz CT molecular complexity index is 1170. The summed E-state index contributed by atoms with van der Waals surface area (Å²) < 4.78 is 6.02. The molecule has 0 aliphatic rings. The lowest BCUT2D eigenvalue weighted by Crippen LogP contribution is -2.13. The largest absolute Gasteiger partial charge is 0.423 e. The van der Waals surface area contributed by atoms with Gasteiger partial charge in [0.2, 0.25) is 0 Å². The molecule has 0 saturated heterocycles. The molecule has 0 atom stereocenters. The number of nitrogens with zero attached hydrogens (tertiary/aromatic N) is 1. The molecule has 0 aromatic heterocycles. The number of nitrogens with one attached hydrogen (secondary N) is 1. The van der Waals surface area contributed by atoms with Crippen LogP contribution in [-0.2, 0) is 4.79 Å². The minimum absolute atomic E-state index is 0.0607. The summed E-state index contributed by atoms with van der Waals surface area (Å²) >= 11 is 9.23. The van der Waals surface area contributed by atoms with Crippen LogP contribution in [0.15, 0.2) is 82.8 Å². The summed E-state index contributed by atoms with van der Waals surface area (Å²) in [6.07, 6.45) is 1.45. The molecule has 0 spiro atoms. The van der Waals surface area contributed by atoms with Gasteiger partial charge < -0.3 is 10.1 Å². The summed E-state index contributed by atoms with van der Waals surface area (Å²) in [7, 11) is 0. The van der Waals surface area contributed by atoms with E-state index in [0.717, 1.165) is 0 Å². The van der Waals surface area contributed by atoms with Crippen LogP contribution in [0.4, 0.5) is 5.69 Å². The third kappa shape index (κ3) is 5.57. The SMILES string of the molecule is N#C/C(=C\c1ccc(OC(=O)c2cccc(Cl)c2)cc1)C(=O)Nc1ccccc1Br. The topological polar surface area (TPSA) is 79.2 Å². The van der Waals surface area contributed by atoms with Crippen LogP contribution in [0, 0.1) is 11.3 Å². The Kier molecular flexibility index (Phi) is 7.02. The van der Waals surface area contributed by atoms with E-state index in [-0.39, 0.29) is 5.57 Å². The average Bonchev–Trinajstić information content (AvgIpc) is 2.74. The molecule has 0 unspecified atom stereocenters. The maximum Gasteiger partial charge on any atom is 0.343 e. The highest BCUT2D eigenvalue weighted by Crippen LogP contribution is 2.22. The Hall–Kier alpha value is -3.40. The van der Waals surface area contributed by atoms with E-state index in [0.29, 0.717) is 32.1 Å².